The summed E-state index contributed by atoms with van der Waals surface area (Å²) in [7, 11) is 0. The van der Waals surface area contributed by atoms with Crippen LogP contribution < -0.4 is 15.0 Å². The van der Waals surface area contributed by atoms with Crippen molar-refractivity contribution in [3.05, 3.63) is 59.7 Å². The van der Waals surface area contributed by atoms with Crippen LogP contribution >= 0.6 is 0 Å². The van der Waals surface area contributed by atoms with Gasteiger partial charge in [0, 0.05) is 18.8 Å². The molecule has 29 heavy (non-hydrogen) atoms. The summed E-state index contributed by atoms with van der Waals surface area (Å²) in [5, 5.41) is 3.11. The molecule has 1 aliphatic rings. The molecule has 1 amide bonds. The molecule has 156 valence electrons. The van der Waals surface area contributed by atoms with Crippen LogP contribution in [-0.2, 0) is 4.79 Å². The van der Waals surface area contributed by atoms with Crippen molar-refractivity contribution in [3.8, 4) is 5.75 Å². The molecule has 0 radical (unpaired) electrons. The largest absolute Gasteiger partial charge is 0.481 e. The van der Waals surface area contributed by atoms with E-state index in [1.165, 1.54) is 18.5 Å². The van der Waals surface area contributed by atoms with Gasteiger partial charge in [0.1, 0.15) is 5.75 Å². The molecule has 1 heterocycles. The highest BCUT2D eigenvalue weighted by atomic mass is 16.5. The predicted octanol–water partition coefficient (Wildman–Crippen LogP) is 5.27. The Hall–Kier alpha value is -2.49. The number of amides is 1. The van der Waals surface area contributed by atoms with Crippen molar-refractivity contribution in [2.45, 2.75) is 59.1 Å². The van der Waals surface area contributed by atoms with E-state index in [9.17, 15) is 4.79 Å². The molecule has 2 aromatic rings. The summed E-state index contributed by atoms with van der Waals surface area (Å²) in [4.78, 5) is 15.2. The van der Waals surface area contributed by atoms with E-state index in [0.717, 1.165) is 35.9 Å². The molecule has 1 aliphatic heterocycles. The number of nitrogens with zero attached hydrogens (tertiary/aromatic N) is 1. The molecular formula is C25H34N2O2. The molecule has 3 rings (SSSR count). The first-order chi connectivity index (χ1) is 14.0. The summed E-state index contributed by atoms with van der Waals surface area (Å²) in [5.74, 6) is 1.41. The van der Waals surface area contributed by atoms with Crippen molar-refractivity contribution >= 4 is 11.6 Å². The number of ether oxygens (including phenoxy) is 1. The van der Waals surface area contributed by atoms with Gasteiger partial charge in [-0.15, -0.1) is 0 Å². The van der Waals surface area contributed by atoms with Crippen LogP contribution in [0.3, 0.4) is 0 Å². The lowest BCUT2D eigenvalue weighted by Crippen LogP contribution is -2.39. The Morgan fingerprint density at radius 2 is 2.00 bits per heavy atom. The zero-order valence-electron chi connectivity index (χ0n) is 18.2. The van der Waals surface area contributed by atoms with E-state index >= 15 is 0 Å². The van der Waals surface area contributed by atoms with Crippen LogP contribution in [0.15, 0.2) is 48.5 Å². The maximum atomic E-state index is 12.8. The third kappa shape index (κ3) is 5.75. The van der Waals surface area contributed by atoms with E-state index in [-0.39, 0.29) is 11.9 Å². The molecule has 1 fully saturated rings. The van der Waals surface area contributed by atoms with Gasteiger partial charge in [-0.05, 0) is 74.4 Å². The standard InChI is InChI=1S/C25H34N2O2/c1-5-24(29-23-10-6-8-18(2)16-23)25(28)26-20(4)21-11-13-22(14-12-21)27-15-7-9-19(3)17-27/h6,8,10-14,16,19-20,24H,5,7,9,15,17H2,1-4H3,(H,26,28). The van der Waals surface area contributed by atoms with Crippen molar-refractivity contribution in [3.63, 3.8) is 0 Å². The van der Waals surface area contributed by atoms with Crippen molar-refractivity contribution in [2.75, 3.05) is 18.0 Å². The highest BCUT2D eigenvalue weighted by molar-refractivity contribution is 5.81. The number of carbonyl (C=O) groups is 1. The first kappa shape index (κ1) is 21.2. The maximum Gasteiger partial charge on any atom is 0.261 e. The monoisotopic (exact) mass is 394 g/mol. The number of rotatable bonds is 7. The van der Waals surface area contributed by atoms with Crippen molar-refractivity contribution in [2.24, 2.45) is 5.92 Å². The number of anilines is 1. The minimum atomic E-state index is -0.492. The van der Waals surface area contributed by atoms with Crippen LogP contribution in [0.2, 0.25) is 0 Å². The third-order valence-electron chi connectivity index (χ3n) is 5.71. The van der Waals surface area contributed by atoms with E-state index in [2.05, 4.69) is 41.4 Å². The van der Waals surface area contributed by atoms with Gasteiger partial charge in [-0.3, -0.25) is 4.79 Å². The van der Waals surface area contributed by atoms with Crippen LogP contribution in [-0.4, -0.2) is 25.1 Å². The first-order valence-corrected chi connectivity index (χ1v) is 10.8. The van der Waals surface area contributed by atoms with E-state index < -0.39 is 6.10 Å². The number of piperidine rings is 1. The number of aryl methyl sites for hydroxylation is 1. The fourth-order valence-corrected chi connectivity index (χ4v) is 3.96. The van der Waals surface area contributed by atoms with Gasteiger partial charge in [-0.2, -0.15) is 0 Å². The molecule has 0 spiro atoms. The van der Waals surface area contributed by atoms with Crippen LogP contribution in [0.1, 0.15) is 57.2 Å². The molecule has 1 N–H and O–H groups in total. The average Bonchev–Trinajstić information content (AvgIpc) is 2.72. The van der Waals surface area contributed by atoms with Gasteiger partial charge in [-0.25, -0.2) is 0 Å². The molecule has 4 heteroatoms. The summed E-state index contributed by atoms with van der Waals surface area (Å²) in [6.45, 7) is 10.6. The van der Waals surface area contributed by atoms with Crippen LogP contribution in [0.25, 0.3) is 0 Å². The Kier molecular flexibility index (Phi) is 7.18. The molecule has 1 saturated heterocycles. The lowest BCUT2D eigenvalue weighted by molar-refractivity contribution is -0.128. The Labute approximate surface area is 175 Å². The highest BCUT2D eigenvalue weighted by Gasteiger charge is 2.21. The van der Waals surface area contributed by atoms with Gasteiger partial charge < -0.3 is 15.0 Å². The lowest BCUT2D eigenvalue weighted by atomic mass is 9.99. The molecule has 0 aromatic heterocycles. The number of carbonyl (C=O) groups excluding carboxylic acids is 1. The molecule has 4 nitrogen and oxygen atoms in total. The second-order valence-electron chi connectivity index (χ2n) is 8.35. The smallest absolute Gasteiger partial charge is 0.261 e. The van der Waals surface area contributed by atoms with E-state index in [4.69, 9.17) is 4.74 Å². The van der Waals surface area contributed by atoms with Gasteiger partial charge in [0.15, 0.2) is 6.10 Å². The summed E-state index contributed by atoms with van der Waals surface area (Å²) < 4.78 is 5.93. The van der Waals surface area contributed by atoms with Gasteiger partial charge in [-0.1, -0.05) is 38.1 Å². The molecular weight excluding hydrogens is 360 g/mol. The Balaban J connectivity index is 1.59. The molecule has 3 atom stereocenters. The minimum absolute atomic E-state index is 0.0630. The minimum Gasteiger partial charge on any atom is -0.481 e. The zero-order valence-corrected chi connectivity index (χ0v) is 18.2. The summed E-state index contributed by atoms with van der Waals surface area (Å²) in [5.41, 5.74) is 3.50. The van der Waals surface area contributed by atoms with Gasteiger partial charge in [0.05, 0.1) is 6.04 Å². The van der Waals surface area contributed by atoms with E-state index in [1.807, 2.05) is 45.0 Å². The number of hydrogen-bond acceptors (Lipinski definition) is 3. The SMILES string of the molecule is CCC(Oc1cccc(C)c1)C(=O)NC(C)c1ccc(N2CCCC(C)C2)cc1. The lowest BCUT2D eigenvalue weighted by Gasteiger charge is -2.33. The third-order valence-corrected chi connectivity index (χ3v) is 5.71. The highest BCUT2D eigenvalue weighted by Crippen LogP contribution is 2.25. The van der Waals surface area contributed by atoms with E-state index in [1.54, 1.807) is 0 Å². The van der Waals surface area contributed by atoms with Gasteiger partial charge in [0.2, 0.25) is 0 Å². The van der Waals surface area contributed by atoms with Crippen LogP contribution in [0.5, 0.6) is 5.75 Å². The summed E-state index contributed by atoms with van der Waals surface area (Å²) in [6, 6.07) is 16.4. The maximum absolute atomic E-state index is 12.8. The Morgan fingerprint density at radius 1 is 1.24 bits per heavy atom. The summed E-state index contributed by atoms with van der Waals surface area (Å²) in [6.07, 6.45) is 2.71. The van der Waals surface area contributed by atoms with Crippen molar-refractivity contribution in [1.82, 2.24) is 5.32 Å². The van der Waals surface area contributed by atoms with Crippen LogP contribution in [0.4, 0.5) is 5.69 Å². The topological polar surface area (TPSA) is 41.6 Å². The van der Waals surface area contributed by atoms with Crippen molar-refractivity contribution < 1.29 is 9.53 Å². The van der Waals surface area contributed by atoms with E-state index in [0.29, 0.717) is 6.42 Å². The quantitative estimate of drug-likeness (QED) is 0.696. The fourth-order valence-electron chi connectivity index (χ4n) is 3.96. The summed E-state index contributed by atoms with van der Waals surface area (Å²) >= 11 is 0. The first-order valence-electron chi connectivity index (χ1n) is 10.8. The second-order valence-corrected chi connectivity index (χ2v) is 8.35. The molecule has 0 aliphatic carbocycles. The number of hydrogen-bond donors (Lipinski definition) is 1. The average molecular weight is 395 g/mol. The molecule has 0 bridgehead atoms. The Morgan fingerprint density at radius 3 is 2.66 bits per heavy atom. The van der Waals surface area contributed by atoms with Gasteiger partial charge in [0.25, 0.3) is 5.91 Å². The Bertz CT molecular complexity index is 803. The van der Waals surface area contributed by atoms with Crippen LogP contribution in [0, 0.1) is 12.8 Å². The fraction of sp³-hybridized carbons (Fsp3) is 0.480. The molecule has 2 aromatic carbocycles. The molecule has 0 saturated carbocycles. The van der Waals surface area contributed by atoms with Gasteiger partial charge >= 0.3 is 0 Å². The number of benzene rings is 2. The predicted molar refractivity (Wildman–Crippen MR) is 119 cm³/mol. The normalized spacial score (nSPS) is 18.8. The molecule has 3 unspecified atom stereocenters. The zero-order chi connectivity index (χ0) is 20.8. The second kappa shape index (κ2) is 9.82. The van der Waals surface area contributed by atoms with Crippen molar-refractivity contribution in [1.29, 1.82) is 0 Å². The number of nitrogens with one attached hydrogen (secondary N) is 1.